The summed E-state index contributed by atoms with van der Waals surface area (Å²) in [6.07, 6.45) is 2.46. The van der Waals surface area contributed by atoms with Gasteiger partial charge in [0.2, 0.25) is 10.0 Å². The number of aliphatic hydroxyl groups excluding tert-OH is 1. The first kappa shape index (κ1) is 9.95. The maximum atomic E-state index is 11.0. The van der Waals surface area contributed by atoms with Crippen molar-refractivity contribution in [1.82, 2.24) is 4.31 Å². The zero-order chi connectivity index (χ0) is 9.35. The number of hydrogen-bond acceptors (Lipinski definition) is 3. The average molecular weight is 193 g/mol. The molecule has 0 aromatic carbocycles. The van der Waals surface area contributed by atoms with Gasteiger partial charge in [0.1, 0.15) is 0 Å². The van der Waals surface area contributed by atoms with Crippen molar-refractivity contribution >= 4 is 10.0 Å². The summed E-state index contributed by atoms with van der Waals surface area (Å²) >= 11 is 0. The van der Waals surface area contributed by atoms with Crippen molar-refractivity contribution in [1.29, 1.82) is 0 Å². The van der Waals surface area contributed by atoms with Gasteiger partial charge in [0.25, 0.3) is 0 Å². The standard InChI is InChI=1S/C7H15NO3S/c1-8(12(2,10)11)5-6-3-7(9)4-6/h6-7,9H,3-5H2,1-2H3. The van der Waals surface area contributed by atoms with E-state index in [0.29, 0.717) is 12.5 Å². The predicted molar refractivity (Wildman–Crippen MR) is 46.2 cm³/mol. The minimum absolute atomic E-state index is 0.206. The Bertz CT molecular complexity index is 243. The van der Waals surface area contributed by atoms with E-state index in [4.69, 9.17) is 5.11 Å². The molecule has 1 N–H and O–H groups in total. The van der Waals surface area contributed by atoms with Gasteiger partial charge in [0.15, 0.2) is 0 Å². The molecule has 1 rings (SSSR count). The number of aliphatic hydroxyl groups is 1. The van der Waals surface area contributed by atoms with E-state index in [9.17, 15) is 8.42 Å². The van der Waals surface area contributed by atoms with Gasteiger partial charge in [0, 0.05) is 13.6 Å². The largest absolute Gasteiger partial charge is 0.393 e. The molecule has 0 atom stereocenters. The third-order valence-corrected chi connectivity index (χ3v) is 3.57. The molecule has 72 valence electrons. The lowest BCUT2D eigenvalue weighted by Crippen LogP contribution is -2.39. The highest BCUT2D eigenvalue weighted by Crippen LogP contribution is 2.27. The molecule has 0 radical (unpaired) electrons. The average Bonchev–Trinajstić information content (AvgIpc) is 1.82. The number of hydrogen-bond donors (Lipinski definition) is 1. The second kappa shape index (κ2) is 3.32. The van der Waals surface area contributed by atoms with Gasteiger partial charge >= 0.3 is 0 Å². The van der Waals surface area contributed by atoms with Crippen LogP contribution in [0.25, 0.3) is 0 Å². The van der Waals surface area contributed by atoms with Gasteiger partial charge in [-0.25, -0.2) is 12.7 Å². The maximum Gasteiger partial charge on any atom is 0.210 e. The van der Waals surface area contributed by atoms with E-state index in [1.807, 2.05) is 0 Å². The summed E-state index contributed by atoms with van der Waals surface area (Å²) in [6.45, 7) is 0.538. The molecule has 4 nitrogen and oxygen atoms in total. The zero-order valence-corrected chi connectivity index (χ0v) is 8.21. The highest BCUT2D eigenvalue weighted by Gasteiger charge is 2.29. The second-order valence-corrected chi connectivity index (χ2v) is 5.62. The number of rotatable bonds is 3. The lowest BCUT2D eigenvalue weighted by Gasteiger charge is -2.33. The van der Waals surface area contributed by atoms with Crippen LogP contribution in [0.4, 0.5) is 0 Å². The quantitative estimate of drug-likeness (QED) is 0.666. The van der Waals surface area contributed by atoms with E-state index >= 15 is 0 Å². The van der Waals surface area contributed by atoms with E-state index in [0.717, 1.165) is 12.8 Å². The molecule has 1 saturated carbocycles. The van der Waals surface area contributed by atoms with Crippen molar-refractivity contribution < 1.29 is 13.5 Å². The molecule has 0 unspecified atom stereocenters. The molecule has 0 spiro atoms. The SMILES string of the molecule is CN(CC1CC(O)C1)S(C)(=O)=O. The Balaban J connectivity index is 2.33. The molecule has 1 aliphatic rings. The Hall–Kier alpha value is -0.130. The molecule has 0 aromatic heterocycles. The van der Waals surface area contributed by atoms with Crippen LogP contribution in [0.3, 0.4) is 0 Å². The van der Waals surface area contributed by atoms with Gasteiger partial charge in [-0.3, -0.25) is 0 Å². The Kier molecular flexibility index (Phi) is 2.75. The highest BCUT2D eigenvalue weighted by atomic mass is 32.2. The van der Waals surface area contributed by atoms with Crippen molar-refractivity contribution in [2.45, 2.75) is 18.9 Å². The molecule has 0 bridgehead atoms. The molecule has 0 heterocycles. The fraction of sp³-hybridized carbons (Fsp3) is 1.00. The summed E-state index contributed by atoms with van der Waals surface area (Å²) in [7, 11) is -1.47. The van der Waals surface area contributed by atoms with Crippen LogP contribution in [0, 0.1) is 5.92 Å². The monoisotopic (exact) mass is 193 g/mol. The Morgan fingerprint density at radius 1 is 1.50 bits per heavy atom. The second-order valence-electron chi connectivity index (χ2n) is 3.53. The lowest BCUT2D eigenvalue weighted by atomic mass is 9.82. The molecule has 0 saturated heterocycles. The van der Waals surface area contributed by atoms with Crippen molar-refractivity contribution in [2.24, 2.45) is 5.92 Å². The third-order valence-electron chi connectivity index (χ3n) is 2.29. The van der Waals surface area contributed by atoms with Gasteiger partial charge in [-0.2, -0.15) is 0 Å². The summed E-state index contributed by atoms with van der Waals surface area (Å²) in [5.41, 5.74) is 0. The molecular weight excluding hydrogens is 178 g/mol. The summed E-state index contributed by atoms with van der Waals surface area (Å²) < 4.78 is 23.2. The first-order chi connectivity index (χ1) is 5.39. The maximum absolute atomic E-state index is 11.0. The molecule has 12 heavy (non-hydrogen) atoms. The van der Waals surface area contributed by atoms with Gasteiger partial charge in [-0.15, -0.1) is 0 Å². The number of nitrogens with zero attached hydrogens (tertiary/aromatic N) is 1. The van der Waals surface area contributed by atoms with Crippen LogP contribution in [-0.4, -0.2) is 43.8 Å². The first-order valence-corrected chi connectivity index (χ1v) is 5.84. The number of sulfonamides is 1. The Morgan fingerprint density at radius 3 is 2.33 bits per heavy atom. The minimum atomic E-state index is -3.04. The minimum Gasteiger partial charge on any atom is -0.393 e. The molecular formula is C7H15NO3S. The van der Waals surface area contributed by atoms with Crippen molar-refractivity contribution in [3.63, 3.8) is 0 Å². The highest BCUT2D eigenvalue weighted by molar-refractivity contribution is 7.88. The smallest absolute Gasteiger partial charge is 0.210 e. The molecule has 5 heteroatoms. The zero-order valence-electron chi connectivity index (χ0n) is 7.40. The van der Waals surface area contributed by atoms with Crippen molar-refractivity contribution in [3.8, 4) is 0 Å². The Labute approximate surface area is 73.2 Å². The fourth-order valence-electron chi connectivity index (χ4n) is 1.35. The Morgan fingerprint density at radius 2 is 2.00 bits per heavy atom. The first-order valence-electron chi connectivity index (χ1n) is 3.99. The van der Waals surface area contributed by atoms with Crippen LogP contribution in [0.2, 0.25) is 0 Å². The van der Waals surface area contributed by atoms with E-state index < -0.39 is 10.0 Å². The van der Waals surface area contributed by atoms with Crippen molar-refractivity contribution in [2.75, 3.05) is 19.8 Å². The van der Waals surface area contributed by atoms with E-state index in [1.165, 1.54) is 10.6 Å². The van der Waals surface area contributed by atoms with Crippen molar-refractivity contribution in [3.05, 3.63) is 0 Å². The summed E-state index contributed by atoms with van der Waals surface area (Å²) in [4.78, 5) is 0. The third kappa shape index (κ3) is 2.43. The normalized spacial score (nSPS) is 30.3. The summed E-state index contributed by atoms with van der Waals surface area (Å²) in [5.74, 6) is 0.347. The molecule has 0 aromatic rings. The van der Waals surface area contributed by atoms with E-state index in [1.54, 1.807) is 7.05 Å². The topological polar surface area (TPSA) is 57.6 Å². The van der Waals surface area contributed by atoms with Crippen LogP contribution >= 0.6 is 0 Å². The van der Waals surface area contributed by atoms with Gasteiger partial charge < -0.3 is 5.11 Å². The van der Waals surface area contributed by atoms with Gasteiger partial charge in [0.05, 0.1) is 12.4 Å². The fourth-order valence-corrected chi connectivity index (χ4v) is 1.83. The molecule has 1 fully saturated rings. The van der Waals surface area contributed by atoms with Crippen LogP contribution in [0.15, 0.2) is 0 Å². The summed E-state index contributed by atoms with van der Waals surface area (Å²) in [5, 5.41) is 8.97. The van der Waals surface area contributed by atoms with Crippen LogP contribution in [-0.2, 0) is 10.0 Å². The lowest BCUT2D eigenvalue weighted by molar-refractivity contribution is 0.0368. The van der Waals surface area contributed by atoms with Crippen LogP contribution in [0.1, 0.15) is 12.8 Å². The molecule has 0 aliphatic heterocycles. The van der Waals surface area contributed by atoms with Gasteiger partial charge in [-0.1, -0.05) is 0 Å². The van der Waals surface area contributed by atoms with Gasteiger partial charge in [-0.05, 0) is 18.8 Å². The predicted octanol–water partition coefficient (Wildman–Crippen LogP) is -0.351. The van der Waals surface area contributed by atoms with E-state index in [2.05, 4.69) is 0 Å². The van der Waals surface area contributed by atoms with Crippen LogP contribution in [0.5, 0.6) is 0 Å². The summed E-state index contributed by atoms with van der Waals surface area (Å²) in [6, 6.07) is 0. The van der Waals surface area contributed by atoms with E-state index in [-0.39, 0.29) is 6.10 Å². The molecule has 0 amide bonds. The van der Waals surface area contributed by atoms with Crippen LogP contribution < -0.4 is 0 Å². The molecule has 1 aliphatic carbocycles.